The summed E-state index contributed by atoms with van der Waals surface area (Å²) in [6.45, 7) is 3.90. The number of hydrogen-bond acceptors (Lipinski definition) is 5. The third-order valence-electron chi connectivity index (χ3n) is 4.09. The molecule has 4 rings (SSSR count). The number of fused-ring (bicyclic) bond motifs is 2. The van der Waals surface area contributed by atoms with Gasteiger partial charge in [-0.3, -0.25) is 4.90 Å². The number of nitrogens with two attached hydrogens (primary N) is 1. The van der Waals surface area contributed by atoms with Crippen molar-refractivity contribution in [3.05, 3.63) is 45.1 Å². The number of hydrogen-bond donors (Lipinski definition) is 1. The van der Waals surface area contributed by atoms with Crippen LogP contribution in [0.1, 0.15) is 21.6 Å². The van der Waals surface area contributed by atoms with Gasteiger partial charge in [0, 0.05) is 41.3 Å². The number of rotatable bonds is 2. The number of anilines is 1. The van der Waals surface area contributed by atoms with Crippen molar-refractivity contribution in [2.24, 2.45) is 0 Å². The first kappa shape index (κ1) is 13.1. The van der Waals surface area contributed by atoms with Crippen LogP contribution in [0.3, 0.4) is 0 Å². The van der Waals surface area contributed by atoms with E-state index in [1.54, 1.807) is 0 Å². The van der Waals surface area contributed by atoms with Crippen LogP contribution in [0.25, 0.3) is 0 Å². The van der Waals surface area contributed by atoms with Crippen LogP contribution in [0, 0.1) is 0 Å². The minimum atomic E-state index is 0.332. The molecule has 2 aliphatic heterocycles. The summed E-state index contributed by atoms with van der Waals surface area (Å²) < 4.78 is 11.0. The van der Waals surface area contributed by atoms with Crippen molar-refractivity contribution < 1.29 is 9.47 Å². The maximum Gasteiger partial charge on any atom is 0.189 e. The largest absolute Gasteiger partial charge is 0.467 e. The highest BCUT2D eigenvalue weighted by Crippen LogP contribution is 2.33. The van der Waals surface area contributed by atoms with E-state index in [1.165, 1.54) is 16.0 Å². The standard InChI is InChI=1S/C16H18N2O2S/c17-14-5-12(16-13(6-14)9-19-10-20-16)8-18-3-1-15-11(7-18)2-4-21-15/h2,4-6H,1,3,7-10,17H2. The number of benzene rings is 1. The lowest BCUT2D eigenvalue weighted by molar-refractivity contribution is -0.0174. The highest BCUT2D eigenvalue weighted by Gasteiger charge is 2.21. The van der Waals surface area contributed by atoms with Crippen LogP contribution in [0.5, 0.6) is 5.75 Å². The van der Waals surface area contributed by atoms with Crippen molar-refractivity contribution in [3.8, 4) is 5.75 Å². The minimum Gasteiger partial charge on any atom is -0.467 e. The Hall–Kier alpha value is -1.56. The fourth-order valence-electron chi connectivity index (χ4n) is 3.13. The van der Waals surface area contributed by atoms with E-state index < -0.39 is 0 Å². The predicted octanol–water partition coefficient (Wildman–Crippen LogP) is 2.76. The Kier molecular flexibility index (Phi) is 3.33. The molecule has 21 heavy (non-hydrogen) atoms. The van der Waals surface area contributed by atoms with E-state index in [-0.39, 0.29) is 0 Å². The van der Waals surface area contributed by atoms with Gasteiger partial charge in [0.2, 0.25) is 0 Å². The third kappa shape index (κ3) is 2.52. The monoisotopic (exact) mass is 302 g/mol. The zero-order valence-corrected chi connectivity index (χ0v) is 12.6. The van der Waals surface area contributed by atoms with Crippen molar-refractivity contribution >= 4 is 17.0 Å². The van der Waals surface area contributed by atoms with Gasteiger partial charge in [0.25, 0.3) is 0 Å². The number of thiophene rings is 1. The van der Waals surface area contributed by atoms with E-state index >= 15 is 0 Å². The average molecular weight is 302 g/mol. The van der Waals surface area contributed by atoms with Gasteiger partial charge >= 0.3 is 0 Å². The molecule has 0 unspecified atom stereocenters. The zero-order valence-electron chi connectivity index (χ0n) is 11.8. The fraction of sp³-hybridized carbons (Fsp3) is 0.375. The summed E-state index contributed by atoms with van der Waals surface area (Å²) >= 11 is 1.87. The van der Waals surface area contributed by atoms with Gasteiger partial charge in [-0.25, -0.2) is 0 Å². The van der Waals surface area contributed by atoms with Crippen LogP contribution in [0.2, 0.25) is 0 Å². The van der Waals surface area contributed by atoms with Crippen molar-refractivity contribution in [2.75, 3.05) is 19.1 Å². The Morgan fingerprint density at radius 2 is 2.24 bits per heavy atom. The molecule has 3 heterocycles. The molecule has 1 aromatic heterocycles. The third-order valence-corrected chi connectivity index (χ3v) is 5.11. The maximum absolute atomic E-state index is 6.02. The lowest BCUT2D eigenvalue weighted by atomic mass is 10.0. The molecule has 0 bridgehead atoms. The molecule has 0 atom stereocenters. The topological polar surface area (TPSA) is 47.7 Å². The first-order valence-electron chi connectivity index (χ1n) is 7.19. The van der Waals surface area contributed by atoms with Crippen molar-refractivity contribution in [1.29, 1.82) is 0 Å². The lowest BCUT2D eigenvalue weighted by Crippen LogP contribution is -2.29. The Morgan fingerprint density at radius 3 is 3.19 bits per heavy atom. The second-order valence-electron chi connectivity index (χ2n) is 5.61. The molecular formula is C16H18N2O2S. The minimum absolute atomic E-state index is 0.332. The van der Waals surface area contributed by atoms with Crippen LogP contribution in [0.15, 0.2) is 23.6 Å². The Morgan fingerprint density at radius 1 is 1.29 bits per heavy atom. The SMILES string of the molecule is Nc1cc2c(c(CN3CCc4sccc4C3)c1)OCOC2. The zero-order chi connectivity index (χ0) is 14.2. The van der Waals surface area contributed by atoms with Crippen molar-refractivity contribution in [3.63, 3.8) is 0 Å². The van der Waals surface area contributed by atoms with Crippen LogP contribution >= 0.6 is 11.3 Å². The fourth-order valence-corrected chi connectivity index (χ4v) is 4.02. The van der Waals surface area contributed by atoms with Gasteiger partial charge in [0.15, 0.2) is 6.79 Å². The van der Waals surface area contributed by atoms with Gasteiger partial charge < -0.3 is 15.2 Å². The van der Waals surface area contributed by atoms with Gasteiger partial charge in [0.1, 0.15) is 5.75 Å². The molecule has 5 heteroatoms. The van der Waals surface area contributed by atoms with Gasteiger partial charge in [-0.05, 0) is 35.6 Å². The van der Waals surface area contributed by atoms with E-state index in [9.17, 15) is 0 Å². The summed E-state index contributed by atoms with van der Waals surface area (Å²) in [7, 11) is 0. The van der Waals surface area contributed by atoms with E-state index in [0.29, 0.717) is 13.4 Å². The second kappa shape index (κ2) is 5.33. The molecule has 0 radical (unpaired) electrons. The Bertz CT molecular complexity index is 668. The van der Waals surface area contributed by atoms with E-state index in [1.807, 2.05) is 23.5 Å². The quantitative estimate of drug-likeness (QED) is 0.867. The van der Waals surface area contributed by atoms with Gasteiger partial charge in [-0.15, -0.1) is 11.3 Å². The Balaban J connectivity index is 1.59. The van der Waals surface area contributed by atoms with Gasteiger partial charge in [-0.1, -0.05) is 0 Å². The maximum atomic E-state index is 6.02. The molecule has 110 valence electrons. The molecule has 0 saturated heterocycles. The second-order valence-corrected chi connectivity index (χ2v) is 6.61. The van der Waals surface area contributed by atoms with Crippen LogP contribution in [-0.4, -0.2) is 18.2 Å². The van der Waals surface area contributed by atoms with Crippen LogP contribution < -0.4 is 10.5 Å². The first-order valence-corrected chi connectivity index (χ1v) is 8.07. The van der Waals surface area contributed by atoms with E-state index in [2.05, 4.69) is 16.3 Å². The summed E-state index contributed by atoms with van der Waals surface area (Å²) in [5.74, 6) is 0.964. The first-order chi connectivity index (χ1) is 10.3. The van der Waals surface area contributed by atoms with E-state index in [4.69, 9.17) is 15.2 Å². The van der Waals surface area contributed by atoms with Gasteiger partial charge in [-0.2, -0.15) is 0 Å². The average Bonchev–Trinajstić information content (AvgIpc) is 2.94. The molecular weight excluding hydrogens is 284 g/mol. The molecule has 2 aromatic rings. The number of nitrogens with zero attached hydrogens (tertiary/aromatic N) is 1. The molecule has 0 aliphatic carbocycles. The molecule has 0 fully saturated rings. The molecule has 2 N–H and O–H groups in total. The smallest absolute Gasteiger partial charge is 0.189 e. The molecule has 1 aromatic carbocycles. The lowest BCUT2D eigenvalue weighted by Gasteiger charge is -2.29. The molecule has 4 nitrogen and oxygen atoms in total. The number of ether oxygens (including phenoxy) is 2. The normalized spacial score (nSPS) is 17.9. The van der Waals surface area contributed by atoms with Crippen LogP contribution in [0.4, 0.5) is 5.69 Å². The highest BCUT2D eigenvalue weighted by atomic mass is 32.1. The summed E-state index contributed by atoms with van der Waals surface area (Å²) in [5, 5.41) is 2.19. The van der Waals surface area contributed by atoms with Gasteiger partial charge in [0.05, 0.1) is 6.61 Å². The molecule has 2 aliphatic rings. The van der Waals surface area contributed by atoms with Crippen molar-refractivity contribution in [1.82, 2.24) is 4.90 Å². The molecule has 0 spiro atoms. The molecule has 0 saturated carbocycles. The van der Waals surface area contributed by atoms with Crippen LogP contribution in [-0.2, 0) is 30.9 Å². The summed E-state index contributed by atoms with van der Waals surface area (Å²) in [6, 6.07) is 6.23. The summed E-state index contributed by atoms with van der Waals surface area (Å²) in [6.07, 6.45) is 1.14. The number of nitrogen functional groups attached to an aromatic ring is 1. The summed E-state index contributed by atoms with van der Waals surface area (Å²) in [5.41, 5.74) is 10.5. The predicted molar refractivity (Wildman–Crippen MR) is 83.3 cm³/mol. The molecule has 0 amide bonds. The Labute approximate surface area is 128 Å². The van der Waals surface area contributed by atoms with Crippen molar-refractivity contribution in [2.45, 2.75) is 26.1 Å². The highest BCUT2D eigenvalue weighted by molar-refractivity contribution is 7.10. The van der Waals surface area contributed by atoms with E-state index in [0.717, 1.165) is 43.1 Å². The summed E-state index contributed by atoms with van der Waals surface area (Å²) in [4.78, 5) is 3.99.